The van der Waals surface area contributed by atoms with Crippen molar-refractivity contribution in [2.75, 3.05) is 29.8 Å². The topological polar surface area (TPSA) is 37.8 Å². The summed E-state index contributed by atoms with van der Waals surface area (Å²) in [5.41, 5.74) is 1.17. The highest BCUT2D eigenvalue weighted by atomic mass is 32.2. The highest BCUT2D eigenvalue weighted by molar-refractivity contribution is 7.99. The SMILES string of the molecule is CC1(C)ON(c2ccc(CN3CCSCC3)nc2)OC1(C)C. The van der Waals surface area contributed by atoms with Crippen molar-refractivity contribution < 1.29 is 9.68 Å². The van der Waals surface area contributed by atoms with Gasteiger partial charge in [-0.05, 0) is 39.8 Å². The van der Waals surface area contributed by atoms with E-state index in [4.69, 9.17) is 9.68 Å². The van der Waals surface area contributed by atoms with E-state index in [1.807, 2.05) is 51.7 Å². The molecule has 0 spiro atoms. The summed E-state index contributed by atoms with van der Waals surface area (Å²) in [4.78, 5) is 18.8. The number of nitrogens with zero attached hydrogens (tertiary/aromatic N) is 3. The van der Waals surface area contributed by atoms with E-state index in [2.05, 4.69) is 16.0 Å². The fourth-order valence-electron chi connectivity index (χ4n) is 2.37. The molecule has 0 N–H and O–H groups in total. The molecule has 0 atom stereocenters. The van der Waals surface area contributed by atoms with Gasteiger partial charge in [-0.3, -0.25) is 9.88 Å². The molecule has 2 fully saturated rings. The lowest BCUT2D eigenvalue weighted by Gasteiger charge is -2.26. The monoisotopic (exact) mass is 323 g/mol. The molecule has 0 radical (unpaired) electrons. The van der Waals surface area contributed by atoms with Crippen LogP contribution in [0.4, 0.5) is 5.69 Å². The normalized spacial score (nSPS) is 24.6. The number of rotatable bonds is 3. The maximum atomic E-state index is 5.90. The third kappa shape index (κ3) is 3.25. The molecule has 2 aliphatic rings. The summed E-state index contributed by atoms with van der Waals surface area (Å²) in [7, 11) is 0. The van der Waals surface area contributed by atoms with Crippen molar-refractivity contribution in [1.29, 1.82) is 0 Å². The van der Waals surface area contributed by atoms with Gasteiger partial charge in [-0.2, -0.15) is 11.8 Å². The lowest BCUT2D eigenvalue weighted by Crippen LogP contribution is -2.41. The van der Waals surface area contributed by atoms with Gasteiger partial charge in [0.1, 0.15) is 16.9 Å². The van der Waals surface area contributed by atoms with Crippen LogP contribution in [0.3, 0.4) is 0 Å². The van der Waals surface area contributed by atoms with Crippen molar-refractivity contribution in [3.63, 3.8) is 0 Å². The van der Waals surface area contributed by atoms with Crippen molar-refractivity contribution in [2.45, 2.75) is 45.4 Å². The highest BCUT2D eigenvalue weighted by Gasteiger charge is 2.50. The van der Waals surface area contributed by atoms with E-state index in [0.29, 0.717) is 0 Å². The molecule has 5 nitrogen and oxygen atoms in total. The summed E-state index contributed by atoms with van der Waals surface area (Å²) in [6, 6.07) is 4.07. The summed E-state index contributed by atoms with van der Waals surface area (Å²) in [5, 5.41) is 1.49. The van der Waals surface area contributed by atoms with Crippen LogP contribution in [0.15, 0.2) is 18.3 Å². The van der Waals surface area contributed by atoms with Crippen LogP contribution in [0.1, 0.15) is 33.4 Å². The molecule has 3 heterocycles. The predicted molar refractivity (Wildman–Crippen MR) is 89.6 cm³/mol. The van der Waals surface area contributed by atoms with E-state index >= 15 is 0 Å². The Bertz CT molecular complexity index is 497. The lowest BCUT2D eigenvalue weighted by atomic mass is 9.90. The Morgan fingerprint density at radius 3 is 2.27 bits per heavy atom. The quantitative estimate of drug-likeness (QED) is 0.851. The molecule has 2 saturated heterocycles. The molecule has 122 valence electrons. The van der Waals surface area contributed by atoms with Crippen LogP contribution >= 0.6 is 11.8 Å². The molecule has 0 unspecified atom stereocenters. The number of pyridine rings is 1. The van der Waals surface area contributed by atoms with E-state index in [1.165, 1.54) is 16.7 Å². The van der Waals surface area contributed by atoms with Crippen LogP contribution in [0.5, 0.6) is 0 Å². The first-order valence-electron chi connectivity index (χ1n) is 7.81. The molecule has 22 heavy (non-hydrogen) atoms. The molecular weight excluding hydrogens is 298 g/mol. The molecule has 0 aliphatic carbocycles. The summed E-state index contributed by atoms with van der Waals surface area (Å²) < 4.78 is 0. The first-order valence-corrected chi connectivity index (χ1v) is 8.96. The third-order valence-electron chi connectivity index (χ3n) is 4.58. The maximum Gasteiger partial charge on any atom is 0.124 e. The van der Waals surface area contributed by atoms with E-state index < -0.39 is 0 Å². The molecular formula is C16H25N3O2S. The lowest BCUT2D eigenvalue weighted by molar-refractivity contribution is -0.0274. The molecule has 6 heteroatoms. The zero-order chi connectivity index (χ0) is 15.8. The number of hydrogen-bond donors (Lipinski definition) is 0. The van der Waals surface area contributed by atoms with Crippen LogP contribution < -0.4 is 5.23 Å². The van der Waals surface area contributed by atoms with Crippen LogP contribution in [-0.2, 0) is 16.2 Å². The Morgan fingerprint density at radius 2 is 1.73 bits per heavy atom. The molecule has 3 rings (SSSR count). The van der Waals surface area contributed by atoms with Gasteiger partial charge in [0.2, 0.25) is 0 Å². The van der Waals surface area contributed by atoms with Gasteiger partial charge in [0.25, 0.3) is 0 Å². The van der Waals surface area contributed by atoms with Crippen molar-refractivity contribution in [2.24, 2.45) is 0 Å². The van der Waals surface area contributed by atoms with Gasteiger partial charge in [0.15, 0.2) is 0 Å². The van der Waals surface area contributed by atoms with Crippen LogP contribution in [-0.4, -0.2) is 45.7 Å². The average molecular weight is 323 g/mol. The van der Waals surface area contributed by atoms with Gasteiger partial charge in [-0.25, -0.2) is 9.68 Å². The standard InChI is InChI=1S/C16H25N3O2S/c1-15(2)16(3,4)21-19(20-15)14-6-5-13(17-11-14)12-18-7-9-22-10-8-18/h5-6,11H,7-10,12H2,1-4H3. The summed E-state index contributed by atoms with van der Waals surface area (Å²) >= 11 is 2.03. The first kappa shape index (κ1) is 16.1. The highest BCUT2D eigenvalue weighted by Crippen LogP contribution is 2.39. The minimum Gasteiger partial charge on any atom is -0.296 e. The number of thioether (sulfide) groups is 1. The van der Waals surface area contributed by atoms with Crippen LogP contribution in [0, 0.1) is 0 Å². The van der Waals surface area contributed by atoms with Crippen LogP contribution in [0.25, 0.3) is 0 Å². The van der Waals surface area contributed by atoms with Crippen molar-refractivity contribution in [1.82, 2.24) is 9.88 Å². The largest absolute Gasteiger partial charge is 0.296 e. The summed E-state index contributed by atoms with van der Waals surface area (Å²) in [6.45, 7) is 11.3. The van der Waals surface area contributed by atoms with E-state index in [0.717, 1.165) is 31.0 Å². The number of anilines is 1. The fourth-order valence-corrected chi connectivity index (χ4v) is 3.34. The molecule has 0 aromatic carbocycles. The minimum atomic E-state index is -0.378. The third-order valence-corrected chi connectivity index (χ3v) is 5.52. The second-order valence-electron chi connectivity index (χ2n) is 6.86. The smallest absolute Gasteiger partial charge is 0.124 e. The molecule has 0 saturated carbocycles. The Balaban J connectivity index is 1.65. The molecule has 1 aromatic rings. The van der Waals surface area contributed by atoms with E-state index in [-0.39, 0.29) is 11.2 Å². The van der Waals surface area contributed by atoms with Crippen LogP contribution in [0.2, 0.25) is 0 Å². The second-order valence-corrected chi connectivity index (χ2v) is 8.08. The van der Waals surface area contributed by atoms with Gasteiger partial charge >= 0.3 is 0 Å². The molecule has 2 aliphatic heterocycles. The second kappa shape index (κ2) is 6.00. The Hall–Kier alpha value is -0.820. The zero-order valence-electron chi connectivity index (χ0n) is 13.8. The Kier molecular flexibility index (Phi) is 4.38. The van der Waals surface area contributed by atoms with Gasteiger partial charge in [-0.1, -0.05) is 0 Å². The Labute approximate surface area is 136 Å². The predicted octanol–water partition coefficient (Wildman–Crippen LogP) is 2.87. The number of hydrogen-bond acceptors (Lipinski definition) is 6. The minimum absolute atomic E-state index is 0.378. The van der Waals surface area contributed by atoms with Crippen molar-refractivity contribution in [3.8, 4) is 0 Å². The van der Waals surface area contributed by atoms with Gasteiger partial charge in [-0.15, -0.1) is 5.23 Å². The van der Waals surface area contributed by atoms with Gasteiger partial charge < -0.3 is 0 Å². The maximum absolute atomic E-state index is 5.90. The Morgan fingerprint density at radius 1 is 1.09 bits per heavy atom. The molecule has 0 amide bonds. The van der Waals surface area contributed by atoms with E-state index in [9.17, 15) is 0 Å². The van der Waals surface area contributed by atoms with Gasteiger partial charge in [0, 0.05) is 31.1 Å². The summed E-state index contributed by atoms with van der Waals surface area (Å²) in [5.74, 6) is 2.44. The fraction of sp³-hybridized carbons (Fsp3) is 0.688. The van der Waals surface area contributed by atoms with E-state index in [1.54, 1.807) is 0 Å². The summed E-state index contributed by atoms with van der Waals surface area (Å²) in [6.07, 6.45) is 1.82. The average Bonchev–Trinajstić information content (AvgIpc) is 2.69. The van der Waals surface area contributed by atoms with Crippen molar-refractivity contribution in [3.05, 3.63) is 24.0 Å². The molecule has 1 aromatic heterocycles. The van der Waals surface area contributed by atoms with Gasteiger partial charge in [0.05, 0.1) is 11.9 Å². The molecule has 0 bridgehead atoms. The number of aromatic nitrogens is 1. The first-order chi connectivity index (χ1) is 10.4. The van der Waals surface area contributed by atoms with Crippen molar-refractivity contribution >= 4 is 17.4 Å². The zero-order valence-corrected chi connectivity index (χ0v) is 14.7.